The fraction of sp³-hybridized carbons (Fsp3) is 0.647. The van der Waals surface area contributed by atoms with Crippen LogP contribution in [0.5, 0.6) is 0 Å². The van der Waals surface area contributed by atoms with Crippen LogP contribution in [0.25, 0.3) is 0 Å². The highest BCUT2D eigenvalue weighted by atomic mass is 19.1. The van der Waals surface area contributed by atoms with Crippen molar-refractivity contribution >= 4 is 0 Å². The lowest BCUT2D eigenvalue weighted by molar-refractivity contribution is 0.214. The molecule has 1 aromatic rings. The largest absolute Gasteiger partial charge is 0.324 e. The monoisotopic (exact) mass is 278 g/mol. The van der Waals surface area contributed by atoms with E-state index < -0.39 is 0 Å². The lowest BCUT2D eigenvalue weighted by atomic mass is 10.0. The second kappa shape index (κ2) is 7.75. The molecule has 2 N–H and O–H groups in total. The van der Waals surface area contributed by atoms with Crippen molar-refractivity contribution < 1.29 is 4.39 Å². The topological polar surface area (TPSA) is 29.3 Å². The lowest BCUT2D eigenvalue weighted by Crippen LogP contribution is -2.33. The molecule has 0 radical (unpaired) electrons. The summed E-state index contributed by atoms with van der Waals surface area (Å²) in [5, 5.41) is 0. The van der Waals surface area contributed by atoms with Crippen molar-refractivity contribution in [3.8, 4) is 0 Å². The highest BCUT2D eigenvalue weighted by Gasteiger charge is 2.17. The van der Waals surface area contributed by atoms with E-state index >= 15 is 0 Å². The van der Waals surface area contributed by atoms with E-state index in [1.807, 2.05) is 6.07 Å². The molecule has 2 rings (SSSR count). The summed E-state index contributed by atoms with van der Waals surface area (Å²) in [4.78, 5) is 2.45. The molecule has 0 heterocycles. The third-order valence-corrected chi connectivity index (χ3v) is 4.52. The Hall–Kier alpha value is -0.930. The molecule has 0 saturated heterocycles. The maximum Gasteiger partial charge on any atom is 0.123 e. The molecular formula is C17H27FN2. The van der Waals surface area contributed by atoms with Crippen LogP contribution in [0.1, 0.15) is 56.6 Å². The standard InChI is InChI=1S/C17H27FN2/c1-20(16-9-4-2-3-5-10-16)12-11-17(19)14-7-6-8-15(18)13-14/h6-8,13,16-17H,2-5,9-12,19H2,1H3. The van der Waals surface area contributed by atoms with Crippen molar-refractivity contribution in [2.45, 2.75) is 57.0 Å². The van der Waals surface area contributed by atoms with Crippen molar-refractivity contribution in [1.82, 2.24) is 4.90 Å². The molecule has 3 heteroatoms. The van der Waals surface area contributed by atoms with Crippen LogP contribution < -0.4 is 5.73 Å². The van der Waals surface area contributed by atoms with Crippen LogP contribution in [0.15, 0.2) is 24.3 Å². The first-order valence-electron chi connectivity index (χ1n) is 7.88. The zero-order chi connectivity index (χ0) is 14.4. The average Bonchev–Trinajstić information content (AvgIpc) is 2.73. The minimum atomic E-state index is -0.199. The van der Waals surface area contributed by atoms with Crippen molar-refractivity contribution in [2.24, 2.45) is 5.73 Å². The fourth-order valence-corrected chi connectivity index (χ4v) is 3.13. The molecular weight excluding hydrogens is 251 g/mol. The number of benzene rings is 1. The summed E-state index contributed by atoms with van der Waals surface area (Å²) in [6.07, 6.45) is 8.98. The normalized spacial score (nSPS) is 19.0. The highest BCUT2D eigenvalue weighted by molar-refractivity contribution is 5.19. The van der Waals surface area contributed by atoms with Crippen molar-refractivity contribution in [2.75, 3.05) is 13.6 Å². The summed E-state index contributed by atoms with van der Waals surface area (Å²) < 4.78 is 13.2. The Balaban J connectivity index is 1.81. The van der Waals surface area contributed by atoms with Crippen LogP contribution >= 0.6 is 0 Å². The van der Waals surface area contributed by atoms with Gasteiger partial charge in [-0.15, -0.1) is 0 Å². The Kier molecular flexibility index (Phi) is 5.99. The van der Waals surface area contributed by atoms with Gasteiger partial charge in [0.25, 0.3) is 0 Å². The van der Waals surface area contributed by atoms with Crippen molar-refractivity contribution in [3.63, 3.8) is 0 Å². The quantitative estimate of drug-likeness (QED) is 0.828. The minimum absolute atomic E-state index is 0.0704. The van der Waals surface area contributed by atoms with E-state index in [0.29, 0.717) is 6.04 Å². The third-order valence-electron chi connectivity index (χ3n) is 4.52. The van der Waals surface area contributed by atoms with Crippen LogP contribution in [0.4, 0.5) is 4.39 Å². The molecule has 1 aliphatic carbocycles. The SMILES string of the molecule is CN(CCC(N)c1cccc(F)c1)C1CCCCCC1. The van der Waals surface area contributed by atoms with E-state index in [2.05, 4.69) is 11.9 Å². The van der Waals surface area contributed by atoms with Gasteiger partial charge in [-0.2, -0.15) is 0 Å². The Bertz CT molecular complexity index is 400. The number of hydrogen-bond acceptors (Lipinski definition) is 2. The first kappa shape index (κ1) is 15.5. The van der Waals surface area contributed by atoms with E-state index in [1.165, 1.54) is 44.6 Å². The maximum absolute atomic E-state index is 13.2. The van der Waals surface area contributed by atoms with Crippen LogP contribution in [0, 0.1) is 5.82 Å². The third kappa shape index (κ3) is 4.57. The number of rotatable bonds is 5. The van der Waals surface area contributed by atoms with E-state index in [0.717, 1.165) is 18.5 Å². The Labute approximate surface area is 122 Å². The number of halogens is 1. The van der Waals surface area contributed by atoms with Gasteiger partial charge >= 0.3 is 0 Å². The van der Waals surface area contributed by atoms with Gasteiger partial charge in [-0.05, 0) is 50.6 Å². The van der Waals surface area contributed by atoms with E-state index in [9.17, 15) is 4.39 Å². The van der Waals surface area contributed by atoms with Crippen LogP contribution in [0.3, 0.4) is 0 Å². The zero-order valence-corrected chi connectivity index (χ0v) is 12.5. The smallest absolute Gasteiger partial charge is 0.123 e. The Morgan fingerprint density at radius 3 is 2.60 bits per heavy atom. The van der Waals surface area contributed by atoms with Gasteiger partial charge in [0.15, 0.2) is 0 Å². The van der Waals surface area contributed by atoms with E-state index in [4.69, 9.17) is 5.73 Å². The second-order valence-corrected chi connectivity index (χ2v) is 6.08. The van der Waals surface area contributed by atoms with Gasteiger partial charge in [-0.25, -0.2) is 4.39 Å². The average molecular weight is 278 g/mol. The molecule has 0 aromatic heterocycles. The summed E-state index contributed by atoms with van der Waals surface area (Å²) in [5.41, 5.74) is 7.08. The summed E-state index contributed by atoms with van der Waals surface area (Å²) in [5.74, 6) is -0.199. The predicted octanol–water partition coefficient (Wildman–Crippen LogP) is 3.87. The molecule has 20 heavy (non-hydrogen) atoms. The van der Waals surface area contributed by atoms with Crippen molar-refractivity contribution in [1.29, 1.82) is 0 Å². The lowest BCUT2D eigenvalue weighted by Gasteiger charge is -2.28. The summed E-state index contributed by atoms with van der Waals surface area (Å²) in [6, 6.07) is 7.31. The van der Waals surface area contributed by atoms with E-state index in [1.54, 1.807) is 12.1 Å². The number of hydrogen-bond donors (Lipinski definition) is 1. The summed E-state index contributed by atoms with van der Waals surface area (Å²) in [7, 11) is 2.20. The Morgan fingerprint density at radius 1 is 1.25 bits per heavy atom. The molecule has 1 unspecified atom stereocenters. The van der Waals surface area contributed by atoms with Crippen LogP contribution in [0.2, 0.25) is 0 Å². The summed E-state index contributed by atoms with van der Waals surface area (Å²) >= 11 is 0. The number of nitrogens with zero attached hydrogens (tertiary/aromatic N) is 1. The van der Waals surface area contributed by atoms with Crippen molar-refractivity contribution in [3.05, 3.63) is 35.6 Å². The molecule has 112 valence electrons. The second-order valence-electron chi connectivity index (χ2n) is 6.08. The molecule has 1 atom stereocenters. The minimum Gasteiger partial charge on any atom is -0.324 e. The van der Waals surface area contributed by atoms with Gasteiger partial charge in [0.05, 0.1) is 0 Å². The van der Waals surface area contributed by atoms with Gasteiger partial charge in [0, 0.05) is 12.1 Å². The first-order chi connectivity index (χ1) is 9.66. The number of nitrogens with two attached hydrogens (primary N) is 1. The predicted molar refractivity (Wildman–Crippen MR) is 82.1 cm³/mol. The molecule has 0 spiro atoms. The van der Waals surface area contributed by atoms with Gasteiger partial charge < -0.3 is 10.6 Å². The Morgan fingerprint density at radius 2 is 1.95 bits per heavy atom. The van der Waals surface area contributed by atoms with Gasteiger partial charge in [0.1, 0.15) is 5.82 Å². The molecule has 1 saturated carbocycles. The van der Waals surface area contributed by atoms with Crippen LogP contribution in [-0.4, -0.2) is 24.5 Å². The maximum atomic E-state index is 13.2. The first-order valence-corrected chi connectivity index (χ1v) is 7.88. The summed E-state index contributed by atoms with van der Waals surface area (Å²) in [6.45, 7) is 0.988. The zero-order valence-electron chi connectivity index (χ0n) is 12.5. The van der Waals surface area contributed by atoms with Crippen LogP contribution in [-0.2, 0) is 0 Å². The molecule has 0 amide bonds. The van der Waals surface area contributed by atoms with Gasteiger partial charge in [-0.1, -0.05) is 37.8 Å². The molecule has 1 aliphatic rings. The van der Waals surface area contributed by atoms with Gasteiger partial charge in [0.2, 0.25) is 0 Å². The molecule has 2 nitrogen and oxygen atoms in total. The molecule has 1 fully saturated rings. The van der Waals surface area contributed by atoms with E-state index in [-0.39, 0.29) is 11.9 Å². The fourth-order valence-electron chi connectivity index (χ4n) is 3.13. The molecule has 0 bridgehead atoms. The molecule has 0 aliphatic heterocycles. The highest BCUT2D eigenvalue weighted by Crippen LogP contribution is 2.22. The van der Waals surface area contributed by atoms with Gasteiger partial charge in [-0.3, -0.25) is 0 Å². The molecule has 1 aromatic carbocycles.